The Morgan fingerprint density at radius 2 is 1.03 bits per heavy atom. The number of carbonyl (C=O) groups is 2. The van der Waals surface area contributed by atoms with Gasteiger partial charge in [0.1, 0.15) is 0 Å². The van der Waals surface area contributed by atoms with Gasteiger partial charge in [-0.25, -0.2) is 0 Å². The Hall–Kier alpha value is -3.14. The minimum absolute atomic E-state index is 0.0364. The number of likely N-dealkylation sites (N-methyl/N-ethyl adjacent to an activating group) is 2. The van der Waals surface area contributed by atoms with Gasteiger partial charge in [0.2, 0.25) is 0 Å². The lowest BCUT2D eigenvalue weighted by Crippen LogP contribution is -2.29. The van der Waals surface area contributed by atoms with E-state index in [9.17, 15) is 9.59 Å². The molecule has 0 spiro atoms. The summed E-state index contributed by atoms with van der Waals surface area (Å²) in [4.78, 5) is 27.1. The fourth-order valence-electron chi connectivity index (χ4n) is 3.09. The first-order valence-corrected chi connectivity index (χ1v) is 10.4. The highest BCUT2D eigenvalue weighted by atomic mass is 16.2. The van der Waals surface area contributed by atoms with E-state index in [1.54, 1.807) is 34.1 Å². The molecule has 0 saturated carbocycles. The van der Waals surface area contributed by atoms with Crippen LogP contribution >= 0.6 is 0 Å². The third-order valence-corrected chi connectivity index (χ3v) is 4.60. The van der Waals surface area contributed by atoms with Crippen molar-refractivity contribution in [2.24, 2.45) is 0 Å². The quantitative estimate of drug-likeness (QED) is 0.565. The molecule has 2 amide bonds. The molecule has 2 aromatic carbocycles. The highest BCUT2D eigenvalue weighted by Crippen LogP contribution is 2.20. The van der Waals surface area contributed by atoms with Crippen LogP contribution in [0.2, 0.25) is 0 Å². The van der Waals surface area contributed by atoms with E-state index in [0.717, 1.165) is 22.5 Å². The molecule has 0 saturated heterocycles. The zero-order valence-corrected chi connectivity index (χ0v) is 19.1. The van der Waals surface area contributed by atoms with Crippen molar-refractivity contribution < 1.29 is 9.59 Å². The number of aryl methyl sites for hydroxylation is 2. The number of hydrogen-bond acceptors (Lipinski definition) is 2. The second kappa shape index (κ2) is 13.2. The molecule has 0 N–H and O–H groups in total. The first-order valence-electron chi connectivity index (χ1n) is 10.4. The Morgan fingerprint density at radius 3 is 1.30 bits per heavy atom. The fourth-order valence-corrected chi connectivity index (χ4v) is 3.09. The van der Waals surface area contributed by atoms with Crippen molar-refractivity contribution >= 4 is 23.2 Å². The van der Waals surface area contributed by atoms with Gasteiger partial charge in [-0.1, -0.05) is 48.6 Å². The van der Waals surface area contributed by atoms with E-state index >= 15 is 0 Å². The number of amides is 2. The number of benzene rings is 2. The average molecular weight is 407 g/mol. The van der Waals surface area contributed by atoms with Crippen LogP contribution in [0.25, 0.3) is 0 Å². The van der Waals surface area contributed by atoms with Crippen LogP contribution in [0.1, 0.15) is 38.8 Å². The first kappa shape index (κ1) is 24.9. The number of hydrogen-bond donors (Lipinski definition) is 0. The van der Waals surface area contributed by atoms with Gasteiger partial charge in [0.05, 0.1) is 0 Å². The zero-order valence-electron chi connectivity index (χ0n) is 19.1. The lowest BCUT2D eigenvalue weighted by Gasteiger charge is -2.21. The van der Waals surface area contributed by atoms with E-state index in [-0.39, 0.29) is 11.8 Å². The predicted molar refractivity (Wildman–Crippen MR) is 128 cm³/mol. The van der Waals surface area contributed by atoms with Crippen LogP contribution in [0, 0.1) is 13.8 Å². The smallest absolute Gasteiger partial charge is 0.250 e. The summed E-state index contributed by atoms with van der Waals surface area (Å²) in [5, 5.41) is 0. The van der Waals surface area contributed by atoms with E-state index in [2.05, 4.69) is 0 Å². The summed E-state index contributed by atoms with van der Waals surface area (Å²) < 4.78 is 0. The second-order valence-electron chi connectivity index (χ2n) is 6.74. The molecular weight excluding hydrogens is 372 g/mol. The molecule has 0 unspecified atom stereocenters. The summed E-state index contributed by atoms with van der Waals surface area (Å²) in [6.45, 7) is 13.1. The van der Waals surface area contributed by atoms with Crippen LogP contribution in [0.3, 0.4) is 0 Å². The Kier molecular flexibility index (Phi) is 10.9. The number of rotatable bonds is 6. The number of allylic oxidation sites excluding steroid dienone is 2. The SMILES string of the molecule is C/C=C/C(=O)N(CC)c1ccccc1C.C/C=C\C(=O)N(CC)c1ccccc1C. The molecule has 2 rings (SSSR count). The molecule has 0 radical (unpaired) electrons. The molecule has 0 atom stereocenters. The molecule has 30 heavy (non-hydrogen) atoms. The van der Waals surface area contributed by atoms with Crippen LogP contribution in [0.5, 0.6) is 0 Å². The topological polar surface area (TPSA) is 40.6 Å². The van der Waals surface area contributed by atoms with E-state index in [4.69, 9.17) is 0 Å². The summed E-state index contributed by atoms with van der Waals surface area (Å²) >= 11 is 0. The van der Waals surface area contributed by atoms with Crippen molar-refractivity contribution in [3.05, 3.63) is 84.0 Å². The van der Waals surface area contributed by atoms with E-state index in [0.29, 0.717) is 13.1 Å². The van der Waals surface area contributed by atoms with Gasteiger partial charge in [-0.2, -0.15) is 0 Å². The van der Waals surface area contributed by atoms with Crippen molar-refractivity contribution in [2.75, 3.05) is 22.9 Å². The highest BCUT2D eigenvalue weighted by molar-refractivity contribution is 6.02. The molecule has 0 aliphatic rings. The van der Waals surface area contributed by atoms with E-state index in [1.165, 1.54) is 0 Å². The molecule has 0 aliphatic heterocycles. The van der Waals surface area contributed by atoms with Gasteiger partial charge in [0.25, 0.3) is 11.8 Å². The van der Waals surface area contributed by atoms with Crippen molar-refractivity contribution in [1.29, 1.82) is 0 Å². The average Bonchev–Trinajstić information content (AvgIpc) is 2.73. The third-order valence-electron chi connectivity index (χ3n) is 4.60. The number of carbonyl (C=O) groups excluding carboxylic acids is 2. The predicted octanol–water partition coefficient (Wildman–Crippen LogP) is 5.85. The Bertz CT molecular complexity index is 811. The van der Waals surface area contributed by atoms with Crippen LogP contribution in [-0.2, 0) is 9.59 Å². The number of para-hydroxylation sites is 2. The first-order chi connectivity index (χ1) is 14.4. The van der Waals surface area contributed by atoms with Gasteiger partial charge in [-0.05, 0) is 77.0 Å². The van der Waals surface area contributed by atoms with Gasteiger partial charge in [0.15, 0.2) is 0 Å². The lowest BCUT2D eigenvalue weighted by molar-refractivity contribution is -0.115. The van der Waals surface area contributed by atoms with Crippen LogP contribution in [0.4, 0.5) is 11.4 Å². The number of anilines is 2. The molecule has 0 heterocycles. The van der Waals surface area contributed by atoms with E-state index in [1.807, 2.05) is 90.1 Å². The van der Waals surface area contributed by atoms with Crippen LogP contribution in [-0.4, -0.2) is 24.9 Å². The van der Waals surface area contributed by atoms with Gasteiger partial charge in [0, 0.05) is 24.5 Å². The maximum atomic E-state index is 11.8. The van der Waals surface area contributed by atoms with Crippen molar-refractivity contribution in [1.82, 2.24) is 0 Å². The second-order valence-corrected chi connectivity index (χ2v) is 6.74. The maximum absolute atomic E-state index is 11.8. The summed E-state index contributed by atoms with van der Waals surface area (Å²) in [6, 6.07) is 15.8. The molecule has 160 valence electrons. The maximum Gasteiger partial charge on any atom is 0.250 e. The molecular formula is C26H34N2O2. The van der Waals surface area contributed by atoms with Crippen LogP contribution in [0.15, 0.2) is 72.8 Å². The Morgan fingerprint density at radius 1 is 0.700 bits per heavy atom. The summed E-state index contributed by atoms with van der Waals surface area (Å²) in [5.41, 5.74) is 4.22. The molecule has 4 heteroatoms. The van der Waals surface area contributed by atoms with Crippen LogP contribution < -0.4 is 9.80 Å². The Balaban J connectivity index is 0.000000300. The molecule has 0 bridgehead atoms. The summed E-state index contributed by atoms with van der Waals surface area (Å²) in [6.07, 6.45) is 6.72. The molecule has 0 aromatic heterocycles. The van der Waals surface area contributed by atoms with Gasteiger partial charge in [-0.3, -0.25) is 9.59 Å². The largest absolute Gasteiger partial charge is 0.309 e. The monoisotopic (exact) mass is 406 g/mol. The summed E-state index contributed by atoms with van der Waals surface area (Å²) in [5.74, 6) is 0.0728. The van der Waals surface area contributed by atoms with Gasteiger partial charge >= 0.3 is 0 Å². The molecule has 0 aliphatic carbocycles. The zero-order chi connectivity index (χ0) is 22.5. The molecule has 0 fully saturated rings. The van der Waals surface area contributed by atoms with Gasteiger partial charge < -0.3 is 9.80 Å². The minimum atomic E-state index is 0.0364. The fraction of sp³-hybridized carbons (Fsp3) is 0.308. The van der Waals surface area contributed by atoms with Crippen molar-refractivity contribution in [3.63, 3.8) is 0 Å². The van der Waals surface area contributed by atoms with Gasteiger partial charge in [-0.15, -0.1) is 0 Å². The molecule has 4 nitrogen and oxygen atoms in total. The minimum Gasteiger partial charge on any atom is -0.309 e. The van der Waals surface area contributed by atoms with Crippen molar-refractivity contribution in [3.8, 4) is 0 Å². The highest BCUT2D eigenvalue weighted by Gasteiger charge is 2.12. The third kappa shape index (κ3) is 7.03. The molecule has 2 aromatic rings. The standard InChI is InChI=1S/2C13H17NO/c2*1-4-8-13(15)14(5-2)12-10-7-6-9-11(12)3/h2*4,6-10H,5H2,1-3H3/b8-4+;8-4-. The number of nitrogens with zero attached hydrogens (tertiary/aromatic N) is 2. The lowest BCUT2D eigenvalue weighted by atomic mass is 10.2. The normalized spacial score (nSPS) is 10.6. The van der Waals surface area contributed by atoms with E-state index < -0.39 is 0 Å². The Labute approximate surface area is 181 Å². The summed E-state index contributed by atoms with van der Waals surface area (Å²) in [7, 11) is 0. The van der Waals surface area contributed by atoms with Crippen molar-refractivity contribution in [2.45, 2.75) is 41.5 Å².